The van der Waals surface area contributed by atoms with Crippen LogP contribution >= 0.6 is 0 Å². The van der Waals surface area contributed by atoms with E-state index in [1.54, 1.807) is 12.3 Å². The fraction of sp³-hybridized carbons (Fsp3) is 0.647. The first kappa shape index (κ1) is 16.1. The smallest absolute Gasteiger partial charge is 0.253 e. The Morgan fingerprint density at radius 1 is 1.35 bits per heavy atom. The number of carbonyl (C=O) groups is 2. The summed E-state index contributed by atoms with van der Waals surface area (Å²) >= 11 is 0. The van der Waals surface area contributed by atoms with Crippen LogP contribution in [0.3, 0.4) is 0 Å². The number of rotatable bonds is 4. The minimum absolute atomic E-state index is 0.0480. The van der Waals surface area contributed by atoms with E-state index in [0.717, 1.165) is 25.1 Å². The number of likely N-dealkylation sites (tertiary alicyclic amines) is 1. The molecule has 2 amide bonds. The summed E-state index contributed by atoms with van der Waals surface area (Å²) < 4.78 is 5.36. The molecule has 1 aromatic rings. The van der Waals surface area contributed by atoms with E-state index in [1.165, 1.54) is 0 Å². The van der Waals surface area contributed by atoms with Gasteiger partial charge >= 0.3 is 0 Å². The lowest BCUT2D eigenvalue weighted by molar-refractivity contribution is -0.132. The number of aromatic amines is 1. The molecule has 6 heteroatoms. The predicted molar refractivity (Wildman–Crippen MR) is 86.3 cm³/mol. The molecule has 0 bridgehead atoms. The summed E-state index contributed by atoms with van der Waals surface area (Å²) in [7, 11) is 0. The average Bonchev–Trinajstić information content (AvgIpc) is 3.16. The molecule has 1 unspecified atom stereocenters. The Kier molecular flexibility index (Phi) is 4.71. The van der Waals surface area contributed by atoms with Gasteiger partial charge in [0.15, 0.2) is 0 Å². The summed E-state index contributed by atoms with van der Waals surface area (Å²) in [4.78, 5) is 30.1. The summed E-state index contributed by atoms with van der Waals surface area (Å²) in [5, 5.41) is 2.91. The summed E-state index contributed by atoms with van der Waals surface area (Å²) in [5.41, 5.74) is 1.55. The van der Waals surface area contributed by atoms with Gasteiger partial charge in [-0.1, -0.05) is 13.8 Å². The third-order valence-electron chi connectivity index (χ3n) is 4.78. The van der Waals surface area contributed by atoms with Crippen molar-refractivity contribution in [3.63, 3.8) is 0 Å². The quantitative estimate of drug-likeness (QED) is 0.886. The van der Waals surface area contributed by atoms with E-state index in [-0.39, 0.29) is 23.8 Å². The van der Waals surface area contributed by atoms with Crippen LogP contribution in [-0.4, -0.2) is 53.5 Å². The molecule has 2 N–H and O–H groups in total. The Morgan fingerprint density at radius 3 is 2.78 bits per heavy atom. The van der Waals surface area contributed by atoms with Crippen molar-refractivity contribution in [1.29, 1.82) is 0 Å². The standard InChI is InChI=1S/C17H25N3O3/c1-11(2)15-13(3-7-18-15)16(21)19-14-4-8-20(17(14)22)12-5-9-23-10-6-12/h3,7,11-12,14,18H,4-6,8-10H2,1-2H3,(H,19,21). The summed E-state index contributed by atoms with van der Waals surface area (Å²) in [6.45, 7) is 6.23. The summed E-state index contributed by atoms with van der Waals surface area (Å²) in [5.74, 6) is 0.123. The predicted octanol–water partition coefficient (Wildman–Crippen LogP) is 1.65. The van der Waals surface area contributed by atoms with E-state index < -0.39 is 6.04 Å². The number of ether oxygens (including phenoxy) is 1. The van der Waals surface area contributed by atoms with Crippen LogP contribution in [0.4, 0.5) is 0 Å². The molecule has 2 aliphatic heterocycles. The van der Waals surface area contributed by atoms with Crippen molar-refractivity contribution in [2.24, 2.45) is 0 Å². The second-order valence-electron chi connectivity index (χ2n) is 6.65. The first-order chi connectivity index (χ1) is 11.1. The van der Waals surface area contributed by atoms with Gasteiger partial charge in [0.1, 0.15) is 6.04 Å². The summed E-state index contributed by atoms with van der Waals surface area (Å²) in [6, 6.07) is 1.64. The molecule has 2 saturated heterocycles. The largest absolute Gasteiger partial charge is 0.381 e. The third-order valence-corrected chi connectivity index (χ3v) is 4.78. The normalized spacial score (nSPS) is 22.8. The van der Waals surface area contributed by atoms with Gasteiger partial charge in [0, 0.05) is 37.7 Å². The highest BCUT2D eigenvalue weighted by atomic mass is 16.5. The molecule has 0 radical (unpaired) electrons. The SMILES string of the molecule is CC(C)c1[nH]ccc1C(=O)NC1CCN(C2CCOCC2)C1=O. The lowest BCUT2D eigenvalue weighted by Gasteiger charge is -2.31. The Balaban J connectivity index is 1.63. The second kappa shape index (κ2) is 6.74. The van der Waals surface area contributed by atoms with Crippen LogP contribution in [0.15, 0.2) is 12.3 Å². The van der Waals surface area contributed by atoms with Gasteiger partial charge in [-0.3, -0.25) is 9.59 Å². The fourth-order valence-corrected chi connectivity index (χ4v) is 3.49. The lowest BCUT2D eigenvalue weighted by Crippen LogP contribution is -2.46. The molecule has 1 aromatic heterocycles. The van der Waals surface area contributed by atoms with Crippen molar-refractivity contribution in [2.75, 3.05) is 19.8 Å². The van der Waals surface area contributed by atoms with Crippen LogP contribution in [-0.2, 0) is 9.53 Å². The molecule has 0 spiro atoms. The molecule has 3 rings (SSSR count). The molecule has 0 saturated carbocycles. The zero-order chi connectivity index (χ0) is 16.4. The van der Waals surface area contributed by atoms with Crippen molar-refractivity contribution < 1.29 is 14.3 Å². The highest BCUT2D eigenvalue weighted by molar-refractivity contribution is 5.99. The zero-order valence-electron chi connectivity index (χ0n) is 13.8. The molecule has 23 heavy (non-hydrogen) atoms. The van der Waals surface area contributed by atoms with Gasteiger partial charge in [0.25, 0.3) is 5.91 Å². The molecule has 2 fully saturated rings. The Labute approximate surface area is 136 Å². The van der Waals surface area contributed by atoms with E-state index in [2.05, 4.69) is 10.3 Å². The number of nitrogens with one attached hydrogen (secondary N) is 2. The van der Waals surface area contributed by atoms with E-state index in [1.807, 2.05) is 18.7 Å². The highest BCUT2D eigenvalue weighted by Crippen LogP contribution is 2.22. The van der Waals surface area contributed by atoms with Crippen molar-refractivity contribution in [2.45, 2.75) is 51.1 Å². The number of hydrogen-bond acceptors (Lipinski definition) is 3. The molecule has 126 valence electrons. The minimum atomic E-state index is -0.403. The third kappa shape index (κ3) is 3.27. The molecule has 2 aliphatic rings. The molecular weight excluding hydrogens is 294 g/mol. The van der Waals surface area contributed by atoms with Crippen molar-refractivity contribution in [1.82, 2.24) is 15.2 Å². The van der Waals surface area contributed by atoms with Gasteiger partial charge in [0.05, 0.1) is 5.56 Å². The van der Waals surface area contributed by atoms with Gasteiger partial charge in [-0.15, -0.1) is 0 Å². The monoisotopic (exact) mass is 319 g/mol. The van der Waals surface area contributed by atoms with Crippen molar-refractivity contribution in [3.8, 4) is 0 Å². The van der Waals surface area contributed by atoms with Gasteiger partial charge in [-0.2, -0.15) is 0 Å². The highest BCUT2D eigenvalue weighted by Gasteiger charge is 2.37. The van der Waals surface area contributed by atoms with Crippen molar-refractivity contribution >= 4 is 11.8 Å². The van der Waals surface area contributed by atoms with Crippen LogP contribution in [0.2, 0.25) is 0 Å². The molecule has 3 heterocycles. The maximum absolute atomic E-state index is 12.6. The van der Waals surface area contributed by atoms with Crippen LogP contribution < -0.4 is 5.32 Å². The Bertz CT molecular complexity index is 575. The first-order valence-electron chi connectivity index (χ1n) is 8.44. The van der Waals surface area contributed by atoms with Gasteiger partial charge in [0.2, 0.25) is 5.91 Å². The van der Waals surface area contributed by atoms with Crippen LogP contribution in [0.25, 0.3) is 0 Å². The van der Waals surface area contributed by atoms with Crippen molar-refractivity contribution in [3.05, 3.63) is 23.5 Å². The number of carbonyl (C=O) groups excluding carboxylic acids is 2. The minimum Gasteiger partial charge on any atom is -0.381 e. The number of amides is 2. The number of hydrogen-bond donors (Lipinski definition) is 2. The van der Waals surface area contributed by atoms with Gasteiger partial charge in [-0.25, -0.2) is 0 Å². The molecular formula is C17H25N3O3. The fourth-order valence-electron chi connectivity index (χ4n) is 3.49. The lowest BCUT2D eigenvalue weighted by atomic mass is 10.1. The number of nitrogens with zero attached hydrogens (tertiary/aromatic N) is 1. The van der Waals surface area contributed by atoms with Crippen LogP contribution in [0.1, 0.15) is 55.1 Å². The molecule has 6 nitrogen and oxygen atoms in total. The maximum atomic E-state index is 12.6. The Morgan fingerprint density at radius 2 is 2.09 bits per heavy atom. The first-order valence-corrected chi connectivity index (χ1v) is 8.44. The number of aromatic nitrogens is 1. The average molecular weight is 319 g/mol. The van der Waals surface area contributed by atoms with E-state index in [0.29, 0.717) is 25.2 Å². The maximum Gasteiger partial charge on any atom is 0.253 e. The topological polar surface area (TPSA) is 74.4 Å². The van der Waals surface area contributed by atoms with E-state index >= 15 is 0 Å². The van der Waals surface area contributed by atoms with Gasteiger partial charge in [-0.05, 0) is 31.2 Å². The van der Waals surface area contributed by atoms with E-state index in [4.69, 9.17) is 4.74 Å². The molecule has 0 aromatic carbocycles. The van der Waals surface area contributed by atoms with E-state index in [9.17, 15) is 9.59 Å². The number of H-pyrrole nitrogens is 1. The van der Waals surface area contributed by atoms with Gasteiger partial charge < -0.3 is 19.9 Å². The zero-order valence-corrected chi connectivity index (χ0v) is 13.8. The molecule has 1 atom stereocenters. The Hall–Kier alpha value is -1.82. The molecule has 0 aliphatic carbocycles. The van der Waals surface area contributed by atoms with Crippen LogP contribution in [0.5, 0.6) is 0 Å². The second-order valence-corrected chi connectivity index (χ2v) is 6.65. The summed E-state index contributed by atoms with van der Waals surface area (Å²) in [6.07, 6.45) is 4.24. The van der Waals surface area contributed by atoms with Crippen LogP contribution in [0, 0.1) is 0 Å².